The summed E-state index contributed by atoms with van der Waals surface area (Å²) in [6.07, 6.45) is 4.87. The Hall–Kier alpha value is -1.62. The Bertz CT molecular complexity index is 551. The molecule has 0 spiro atoms. The molecule has 0 N–H and O–H groups in total. The van der Waals surface area contributed by atoms with Gasteiger partial charge in [0.1, 0.15) is 11.8 Å². The summed E-state index contributed by atoms with van der Waals surface area (Å²) in [5, 5.41) is 0. The van der Waals surface area contributed by atoms with E-state index in [0.717, 1.165) is 10.0 Å². The van der Waals surface area contributed by atoms with Crippen LogP contribution in [0.4, 0.5) is 0 Å². The minimum absolute atomic E-state index is 0.320. The van der Waals surface area contributed by atoms with Crippen molar-refractivity contribution in [3.05, 3.63) is 52.5 Å². The first-order valence-electron chi connectivity index (χ1n) is 5.50. The van der Waals surface area contributed by atoms with Gasteiger partial charge in [0.15, 0.2) is 0 Å². The van der Waals surface area contributed by atoms with E-state index in [2.05, 4.69) is 20.9 Å². The van der Waals surface area contributed by atoms with Crippen molar-refractivity contribution in [3.8, 4) is 0 Å². The fourth-order valence-corrected chi connectivity index (χ4v) is 2.16. The SMILES string of the molecule is CC(OC(=O)c1cc(Br)cn1C)c1cccnc1. The van der Waals surface area contributed by atoms with Crippen molar-refractivity contribution < 1.29 is 9.53 Å². The van der Waals surface area contributed by atoms with Crippen molar-refractivity contribution in [2.24, 2.45) is 7.05 Å². The molecule has 0 saturated carbocycles. The highest BCUT2D eigenvalue weighted by atomic mass is 79.9. The molecule has 2 rings (SSSR count). The smallest absolute Gasteiger partial charge is 0.355 e. The van der Waals surface area contributed by atoms with Gasteiger partial charge in [-0.05, 0) is 35.0 Å². The molecule has 0 aliphatic rings. The molecule has 18 heavy (non-hydrogen) atoms. The number of carbonyl (C=O) groups excluding carboxylic acids is 1. The van der Waals surface area contributed by atoms with Crippen molar-refractivity contribution >= 4 is 21.9 Å². The number of hydrogen-bond donors (Lipinski definition) is 0. The number of aromatic nitrogens is 2. The lowest BCUT2D eigenvalue weighted by molar-refractivity contribution is 0.0326. The van der Waals surface area contributed by atoms with E-state index in [-0.39, 0.29) is 12.1 Å². The largest absolute Gasteiger partial charge is 0.453 e. The van der Waals surface area contributed by atoms with Crippen molar-refractivity contribution in [1.82, 2.24) is 9.55 Å². The summed E-state index contributed by atoms with van der Waals surface area (Å²) in [7, 11) is 1.80. The van der Waals surface area contributed by atoms with Crippen molar-refractivity contribution in [1.29, 1.82) is 0 Å². The van der Waals surface area contributed by atoms with Gasteiger partial charge in [-0.1, -0.05) is 6.07 Å². The van der Waals surface area contributed by atoms with Crippen LogP contribution in [-0.2, 0) is 11.8 Å². The lowest BCUT2D eigenvalue weighted by Gasteiger charge is -2.13. The third-order valence-electron chi connectivity index (χ3n) is 2.62. The van der Waals surface area contributed by atoms with Crippen LogP contribution >= 0.6 is 15.9 Å². The molecule has 2 heterocycles. The van der Waals surface area contributed by atoms with Crippen LogP contribution in [0, 0.1) is 0 Å². The van der Waals surface area contributed by atoms with E-state index >= 15 is 0 Å². The molecular formula is C13H13BrN2O2. The van der Waals surface area contributed by atoms with Crippen LogP contribution in [-0.4, -0.2) is 15.5 Å². The standard InChI is InChI=1S/C13H13BrN2O2/c1-9(10-4-3-5-15-7-10)18-13(17)12-6-11(14)8-16(12)2/h3-9H,1-2H3. The molecule has 0 aromatic carbocycles. The Labute approximate surface area is 114 Å². The molecule has 0 bridgehead atoms. The third-order valence-corrected chi connectivity index (χ3v) is 3.05. The number of hydrogen-bond acceptors (Lipinski definition) is 3. The van der Waals surface area contributed by atoms with Crippen LogP contribution in [0.3, 0.4) is 0 Å². The normalized spacial score (nSPS) is 12.2. The Kier molecular flexibility index (Phi) is 3.81. The van der Waals surface area contributed by atoms with Crippen molar-refractivity contribution in [2.45, 2.75) is 13.0 Å². The van der Waals surface area contributed by atoms with Gasteiger partial charge in [0.05, 0.1) is 0 Å². The molecule has 1 atom stereocenters. The van der Waals surface area contributed by atoms with E-state index in [4.69, 9.17) is 4.74 Å². The molecule has 1 unspecified atom stereocenters. The molecule has 5 heteroatoms. The molecule has 4 nitrogen and oxygen atoms in total. The lowest BCUT2D eigenvalue weighted by Crippen LogP contribution is -2.12. The molecule has 0 radical (unpaired) electrons. The summed E-state index contributed by atoms with van der Waals surface area (Å²) in [4.78, 5) is 16.0. The van der Waals surface area contributed by atoms with E-state index in [0.29, 0.717) is 5.69 Å². The first kappa shape index (κ1) is 12.8. The monoisotopic (exact) mass is 308 g/mol. The molecule has 2 aromatic heterocycles. The molecule has 0 aliphatic carbocycles. The van der Waals surface area contributed by atoms with Crippen LogP contribution in [0.15, 0.2) is 41.3 Å². The fourth-order valence-electron chi connectivity index (χ4n) is 1.63. The van der Waals surface area contributed by atoms with Gasteiger partial charge in [0.25, 0.3) is 0 Å². The highest BCUT2D eigenvalue weighted by molar-refractivity contribution is 9.10. The summed E-state index contributed by atoms with van der Waals surface area (Å²) in [5.41, 5.74) is 1.39. The first-order valence-corrected chi connectivity index (χ1v) is 6.30. The van der Waals surface area contributed by atoms with E-state index < -0.39 is 0 Å². The topological polar surface area (TPSA) is 44.1 Å². The lowest BCUT2D eigenvalue weighted by atomic mass is 10.2. The Morgan fingerprint density at radius 3 is 2.89 bits per heavy atom. The number of ether oxygens (including phenoxy) is 1. The summed E-state index contributed by atoms with van der Waals surface area (Å²) < 4.78 is 7.97. The maximum Gasteiger partial charge on any atom is 0.355 e. The molecule has 0 aliphatic heterocycles. The van der Waals surface area contributed by atoms with Gasteiger partial charge in [-0.2, -0.15) is 0 Å². The van der Waals surface area contributed by atoms with E-state index in [1.54, 1.807) is 30.1 Å². The number of rotatable bonds is 3. The number of pyridine rings is 1. The predicted octanol–water partition coefficient (Wildman–Crippen LogP) is 3.10. The molecule has 94 valence electrons. The van der Waals surface area contributed by atoms with Gasteiger partial charge in [0, 0.05) is 35.7 Å². The Morgan fingerprint density at radius 2 is 2.33 bits per heavy atom. The third kappa shape index (κ3) is 2.79. The van der Waals surface area contributed by atoms with Crippen molar-refractivity contribution in [3.63, 3.8) is 0 Å². The number of aryl methyl sites for hydroxylation is 1. The van der Waals surface area contributed by atoms with E-state index in [9.17, 15) is 4.79 Å². The van der Waals surface area contributed by atoms with Gasteiger partial charge in [-0.25, -0.2) is 4.79 Å². The highest BCUT2D eigenvalue weighted by Gasteiger charge is 2.16. The first-order chi connectivity index (χ1) is 8.58. The summed E-state index contributed by atoms with van der Waals surface area (Å²) in [6, 6.07) is 5.43. The zero-order valence-corrected chi connectivity index (χ0v) is 11.7. The molecule has 2 aromatic rings. The minimum Gasteiger partial charge on any atom is -0.453 e. The number of nitrogens with zero attached hydrogens (tertiary/aromatic N) is 2. The maximum absolute atomic E-state index is 12.0. The zero-order chi connectivity index (χ0) is 13.1. The Morgan fingerprint density at radius 1 is 1.56 bits per heavy atom. The molecular weight excluding hydrogens is 296 g/mol. The van der Waals surface area contributed by atoms with Gasteiger partial charge >= 0.3 is 5.97 Å². The fraction of sp³-hybridized carbons (Fsp3) is 0.231. The average molecular weight is 309 g/mol. The van der Waals surface area contributed by atoms with Gasteiger partial charge < -0.3 is 9.30 Å². The average Bonchev–Trinajstić information content (AvgIpc) is 2.69. The van der Waals surface area contributed by atoms with Crippen LogP contribution in [0.5, 0.6) is 0 Å². The van der Waals surface area contributed by atoms with Crippen LogP contribution in [0.25, 0.3) is 0 Å². The second-order valence-electron chi connectivity index (χ2n) is 3.99. The molecule has 0 fully saturated rings. The second-order valence-corrected chi connectivity index (χ2v) is 4.90. The second kappa shape index (κ2) is 5.35. The zero-order valence-electron chi connectivity index (χ0n) is 10.1. The van der Waals surface area contributed by atoms with Gasteiger partial charge in [0.2, 0.25) is 0 Å². The van der Waals surface area contributed by atoms with Crippen molar-refractivity contribution in [2.75, 3.05) is 0 Å². The molecule has 0 amide bonds. The number of esters is 1. The van der Waals surface area contributed by atoms with Crippen LogP contribution in [0.2, 0.25) is 0 Å². The predicted molar refractivity (Wildman–Crippen MR) is 71.2 cm³/mol. The highest BCUT2D eigenvalue weighted by Crippen LogP contribution is 2.19. The quantitative estimate of drug-likeness (QED) is 0.818. The van der Waals surface area contributed by atoms with Crippen LogP contribution in [0.1, 0.15) is 29.1 Å². The maximum atomic E-state index is 12.0. The number of halogens is 1. The number of carbonyl (C=O) groups is 1. The van der Waals surface area contributed by atoms with Gasteiger partial charge in [-0.15, -0.1) is 0 Å². The summed E-state index contributed by atoms with van der Waals surface area (Å²) >= 11 is 3.32. The summed E-state index contributed by atoms with van der Waals surface area (Å²) in [5.74, 6) is -0.348. The van der Waals surface area contributed by atoms with E-state index in [1.807, 2.05) is 25.3 Å². The minimum atomic E-state index is -0.348. The van der Waals surface area contributed by atoms with Crippen LogP contribution < -0.4 is 0 Å². The summed E-state index contributed by atoms with van der Waals surface area (Å²) in [6.45, 7) is 1.83. The molecule has 0 saturated heterocycles. The van der Waals surface area contributed by atoms with Gasteiger partial charge in [-0.3, -0.25) is 4.98 Å². The Balaban J connectivity index is 2.10. The van der Waals surface area contributed by atoms with E-state index in [1.165, 1.54) is 0 Å².